The van der Waals surface area contributed by atoms with Crippen molar-refractivity contribution in [3.63, 3.8) is 0 Å². The van der Waals surface area contributed by atoms with Gasteiger partial charge in [0.1, 0.15) is 6.07 Å². The molecule has 0 spiro atoms. The van der Waals surface area contributed by atoms with Crippen molar-refractivity contribution in [1.82, 2.24) is 0 Å². The van der Waals surface area contributed by atoms with Gasteiger partial charge in [-0.1, -0.05) is 13.0 Å². The molecule has 0 bridgehead atoms. The standard InChI is InChI=1S/C11H15N3/c1-3-8(2)14-10-6-4-5-9(7-12)11(10)13/h4-6,8,14H,3,13H2,1-2H3. The number of hydrogen-bond donors (Lipinski definition) is 2. The van der Waals surface area contributed by atoms with E-state index in [4.69, 9.17) is 11.0 Å². The summed E-state index contributed by atoms with van der Waals surface area (Å²) >= 11 is 0. The lowest BCUT2D eigenvalue weighted by molar-refractivity contribution is 0.764. The number of para-hydroxylation sites is 1. The Labute approximate surface area is 84.5 Å². The van der Waals surface area contributed by atoms with Crippen LogP contribution in [0, 0.1) is 11.3 Å². The second-order valence-corrected chi connectivity index (χ2v) is 3.33. The van der Waals surface area contributed by atoms with Gasteiger partial charge in [0.15, 0.2) is 0 Å². The molecule has 0 aromatic heterocycles. The number of nitrogen functional groups attached to an aromatic ring is 1. The van der Waals surface area contributed by atoms with Gasteiger partial charge in [0, 0.05) is 6.04 Å². The molecule has 0 aliphatic heterocycles. The van der Waals surface area contributed by atoms with Gasteiger partial charge >= 0.3 is 0 Å². The highest BCUT2D eigenvalue weighted by Gasteiger charge is 2.05. The fourth-order valence-corrected chi connectivity index (χ4v) is 1.16. The van der Waals surface area contributed by atoms with Crippen molar-refractivity contribution < 1.29 is 0 Å². The lowest BCUT2D eigenvalue weighted by Gasteiger charge is -2.15. The summed E-state index contributed by atoms with van der Waals surface area (Å²) in [5.74, 6) is 0. The summed E-state index contributed by atoms with van der Waals surface area (Å²) in [6, 6.07) is 7.87. The Morgan fingerprint density at radius 2 is 2.29 bits per heavy atom. The molecule has 3 heteroatoms. The van der Waals surface area contributed by atoms with Gasteiger partial charge in [0.2, 0.25) is 0 Å². The molecule has 0 aliphatic rings. The molecule has 74 valence electrons. The largest absolute Gasteiger partial charge is 0.396 e. The van der Waals surface area contributed by atoms with Gasteiger partial charge in [-0.25, -0.2) is 0 Å². The number of rotatable bonds is 3. The van der Waals surface area contributed by atoms with E-state index in [1.165, 1.54) is 0 Å². The molecule has 0 radical (unpaired) electrons. The van der Waals surface area contributed by atoms with E-state index in [-0.39, 0.29) is 0 Å². The Hall–Kier alpha value is -1.69. The number of hydrogen-bond acceptors (Lipinski definition) is 3. The van der Waals surface area contributed by atoms with Crippen LogP contribution in [0.15, 0.2) is 18.2 Å². The number of nitrogens with zero attached hydrogens (tertiary/aromatic N) is 1. The van der Waals surface area contributed by atoms with Crippen LogP contribution < -0.4 is 11.1 Å². The Balaban J connectivity index is 2.94. The third-order valence-corrected chi connectivity index (χ3v) is 2.24. The fraction of sp³-hybridized carbons (Fsp3) is 0.364. The van der Waals surface area contributed by atoms with E-state index in [2.05, 4.69) is 25.2 Å². The molecular weight excluding hydrogens is 174 g/mol. The average molecular weight is 189 g/mol. The summed E-state index contributed by atoms with van der Waals surface area (Å²) in [5.41, 5.74) is 7.72. The van der Waals surface area contributed by atoms with E-state index in [9.17, 15) is 0 Å². The maximum Gasteiger partial charge on any atom is 0.101 e. The quantitative estimate of drug-likeness (QED) is 0.717. The molecule has 0 fully saturated rings. The number of benzene rings is 1. The van der Waals surface area contributed by atoms with Crippen LogP contribution in [0.4, 0.5) is 11.4 Å². The highest BCUT2D eigenvalue weighted by Crippen LogP contribution is 2.22. The monoisotopic (exact) mass is 189 g/mol. The van der Waals surface area contributed by atoms with Gasteiger partial charge in [-0.15, -0.1) is 0 Å². The first kappa shape index (κ1) is 10.4. The predicted molar refractivity (Wildman–Crippen MR) is 58.9 cm³/mol. The first-order chi connectivity index (χ1) is 6.69. The highest BCUT2D eigenvalue weighted by molar-refractivity contribution is 5.72. The van der Waals surface area contributed by atoms with Crippen molar-refractivity contribution >= 4 is 11.4 Å². The first-order valence-electron chi connectivity index (χ1n) is 4.74. The summed E-state index contributed by atoms with van der Waals surface area (Å²) in [4.78, 5) is 0. The van der Waals surface area contributed by atoms with Gasteiger partial charge in [-0.2, -0.15) is 5.26 Å². The summed E-state index contributed by atoms with van der Waals surface area (Å²) in [5, 5.41) is 12.0. The SMILES string of the molecule is CCC(C)Nc1cccc(C#N)c1N. The Bertz CT molecular complexity index is 352. The van der Waals surface area contributed by atoms with Gasteiger partial charge in [0.25, 0.3) is 0 Å². The van der Waals surface area contributed by atoms with Crippen LogP contribution in [0.25, 0.3) is 0 Å². The Kier molecular flexibility index (Phi) is 3.35. The third-order valence-electron chi connectivity index (χ3n) is 2.24. The predicted octanol–water partition coefficient (Wildman–Crippen LogP) is 2.35. The van der Waals surface area contributed by atoms with Crippen LogP contribution in [0.5, 0.6) is 0 Å². The van der Waals surface area contributed by atoms with Crippen molar-refractivity contribution in [2.75, 3.05) is 11.1 Å². The van der Waals surface area contributed by atoms with Gasteiger partial charge < -0.3 is 11.1 Å². The van der Waals surface area contributed by atoms with Crippen LogP contribution in [0.3, 0.4) is 0 Å². The average Bonchev–Trinajstić information content (AvgIpc) is 2.21. The van der Waals surface area contributed by atoms with E-state index < -0.39 is 0 Å². The van der Waals surface area contributed by atoms with E-state index in [0.29, 0.717) is 17.3 Å². The second-order valence-electron chi connectivity index (χ2n) is 3.33. The number of nitrogens with one attached hydrogen (secondary N) is 1. The number of nitriles is 1. The first-order valence-corrected chi connectivity index (χ1v) is 4.74. The minimum Gasteiger partial charge on any atom is -0.396 e. The molecule has 1 aromatic carbocycles. The molecule has 1 rings (SSSR count). The lowest BCUT2D eigenvalue weighted by atomic mass is 10.1. The lowest BCUT2D eigenvalue weighted by Crippen LogP contribution is -2.14. The zero-order valence-corrected chi connectivity index (χ0v) is 8.54. The minimum absolute atomic E-state index is 0.367. The van der Waals surface area contributed by atoms with Crippen LogP contribution >= 0.6 is 0 Å². The van der Waals surface area contributed by atoms with Crippen LogP contribution in [-0.2, 0) is 0 Å². The highest BCUT2D eigenvalue weighted by atomic mass is 14.9. The molecule has 3 nitrogen and oxygen atoms in total. The number of anilines is 2. The normalized spacial score (nSPS) is 11.8. The van der Waals surface area contributed by atoms with E-state index in [1.807, 2.05) is 12.1 Å². The van der Waals surface area contributed by atoms with Crippen molar-refractivity contribution in [3.05, 3.63) is 23.8 Å². The molecule has 0 aliphatic carbocycles. The fourth-order valence-electron chi connectivity index (χ4n) is 1.16. The van der Waals surface area contributed by atoms with Crippen molar-refractivity contribution in [1.29, 1.82) is 5.26 Å². The summed E-state index contributed by atoms with van der Waals surface area (Å²) in [6.45, 7) is 4.18. The molecule has 0 saturated carbocycles. The molecule has 0 heterocycles. The molecule has 0 amide bonds. The van der Waals surface area contributed by atoms with Crippen LogP contribution in [0.2, 0.25) is 0 Å². The summed E-state index contributed by atoms with van der Waals surface area (Å²) in [6.07, 6.45) is 1.02. The maximum absolute atomic E-state index is 8.78. The second kappa shape index (κ2) is 4.52. The van der Waals surface area contributed by atoms with E-state index in [1.54, 1.807) is 6.07 Å². The Morgan fingerprint density at radius 1 is 1.57 bits per heavy atom. The van der Waals surface area contributed by atoms with Crippen molar-refractivity contribution in [2.45, 2.75) is 26.3 Å². The van der Waals surface area contributed by atoms with Gasteiger partial charge in [-0.3, -0.25) is 0 Å². The van der Waals surface area contributed by atoms with Crippen LogP contribution in [-0.4, -0.2) is 6.04 Å². The minimum atomic E-state index is 0.367. The molecule has 1 aromatic rings. The third kappa shape index (κ3) is 2.17. The van der Waals surface area contributed by atoms with Crippen molar-refractivity contribution in [3.8, 4) is 6.07 Å². The summed E-state index contributed by atoms with van der Waals surface area (Å²) < 4.78 is 0. The smallest absolute Gasteiger partial charge is 0.101 e. The molecule has 1 unspecified atom stereocenters. The van der Waals surface area contributed by atoms with Crippen molar-refractivity contribution in [2.24, 2.45) is 0 Å². The van der Waals surface area contributed by atoms with Crippen LogP contribution in [0.1, 0.15) is 25.8 Å². The molecule has 0 saturated heterocycles. The van der Waals surface area contributed by atoms with E-state index >= 15 is 0 Å². The molecule has 14 heavy (non-hydrogen) atoms. The maximum atomic E-state index is 8.78. The molecule has 1 atom stereocenters. The zero-order chi connectivity index (χ0) is 10.6. The number of nitrogens with two attached hydrogens (primary N) is 1. The molecule has 3 N–H and O–H groups in total. The topological polar surface area (TPSA) is 61.8 Å². The van der Waals surface area contributed by atoms with Gasteiger partial charge in [0.05, 0.1) is 16.9 Å². The zero-order valence-electron chi connectivity index (χ0n) is 8.54. The Morgan fingerprint density at radius 3 is 2.86 bits per heavy atom. The summed E-state index contributed by atoms with van der Waals surface area (Å²) in [7, 11) is 0. The van der Waals surface area contributed by atoms with E-state index in [0.717, 1.165) is 12.1 Å². The van der Waals surface area contributed by atoms with Gasteiger partial charge in [-0.05, 0) is 25.5 Å². The molecular formula is C11H15N3.